The third-order valence-electron chi connectivity index (χ3n) is 5.37. The highest BCUT2D eigenvalue weighted by atomic mass is 32.2. The Balaban J connectivity index is 1.53. The van der Waals surface area contributed by atoms with Crippen molar-refractivity contribution in [1.82, 2.24) is 5.32 Å². The van der Waals surface area contributed by atoms with Gasteiger partial charge in [0.1, 0.15) is 5.82 Å². The van der Waals surface area contributed by atoms with Gasteiger partial charge in [0.15, 0.2) is 0 Å². The normalized spacial score (nSPS) is 25.1. The van der Waals surface area contributed by atoms with Crippen LogP contribution in [0.2, 0.25) is 0 Å². The van der Waals surface area contributed by atoms with Gasteiger partial charge in [0, 0.05) is 19.0 Å². The molecule has 0 spiro atoms. The molecule has 1 N–H and O–H groups in total. The van der Waals surface area contributed by atoms with Crippen LogP contribution in [-0.2, 0) is 14.8 Å². The van der Waals surface area contributed by atoms with E-state index in [2.05, 4.69) is 5.32 Å². The van der Waals surface area contributed by atoms with Gasteiger partial charge in [-0.2, -0.15) is 0 Å². The Labute approximate surface area is 148 Å². The first-order chi connectivity index (χ1) is 11.8. The Kier molecular flexibility index (Phi) is 5.32. The molecule has 0 aromatic heterocycles. The van der Waals surface area contributed by atoms with E-state index < -0.39 is 15.8 Å². The maximum absolute atomic E-state index is 13.9. The molecule has 0 unspecified atom stereocenters. The standard InChI is InChI=1S/C18H25FN2O3S/c1-25(23,24)21(17-6-3-2-5-15(17)19)10-4-7-18(22)20-16-12-13-8-9-14(16)11-13/h2-3,5-6,13-14,16H,4,7-12H2,1H3,(H,20,22)/t13-,14-,16-/m0/s1. The second-order valence-corrected chi connectivity index (χ2v) is 9.15. The molecule has 25 heavy (non-hydrogen) atoms. The Bertz CT molecular complexity index is 738. The number of carbonyl (C=O) groups is 1. The smallest absolute Gasteiger partial charge is 0.232 e. The van der Waals surface area contributed by atoms with Crippen LogP contribution in [0.4, 0.5) is 10.1 Å². The van der Waals surface area contributed by atoms with Crippen LogP contribution < -0.4 is 9.62 Å². The highest BCUT2D eigenvalue weighted by Crippen LogP contribution is 2.44. The number of fused-ring (bicyclic) bond motifs is 2. The molecular weight excluding hydrogens is 343 g/mol. The summed E-state index contributed by atoms with van der Waals surface area (Å²) in [5.41, 5.74) is 0.0264. The summed E-state index contributed by atoms with van der Waals surface area (Å²) >= 11 is 0. The number of nitrogens with one attached hydrogen (secondary N) is 1. The second-order valence-electron chi connectivity index (χ2n) is 7.24. The van der Waals surface area contributed by atoms with E-state index in [4.69, 9.17) is 0 Å². The van der Waals surface area contributed by atoms with Crippen molar-refractivity contribution in [1.29, 1.82) is 0 Å². The molecule has 0 aliphatic heterocycles. The van der Waals surface area contributed by atoms with Gasteiger partial charge in [-0.15, -0.1) is 0 Å². The van der Waals surface area contributed by atoms with Crippen LogP contribution in [0.25, 0.3) is 0 Å². The van der Waals surface area contributed by atoms with Crippen molar-refractivity contribution in [2.24, 2.45) is 11.8 Å². The minimum absolute atomic E-state index is 0.0264. The number of carbonyl (C=O) groups excluding carboxylic acids is 1. The molecule has 7 heteroatoms. The van der Waals surface area contributed by atoms with Gasteiger partial charge < -0.3 is 5.32 Å². The number of halogens is 1. The molecule has 2 fully saturated rings. The molecule has 2 aliphatic carbocycles. The van der Waals surface area contributed by atoms with Gasteiger partial charge >= 0.3 is 0 Å². The first-order valence-corrected chi connectivity index (χ1v) is 10.7. The quantitative estimate of drug-likeness (QED) is 0.805. The summed E-state index contributed by atoms with van der Waals surface area (Å²) in [4.78, 5) is 12.2. The number of para-hydroxylation sites is 1. The zero-order valence-electron chi connectivity index (χ0n) is 14.4. The zero-order valence-corrected chi connectivity index (χ0v) is 15.3. The second kappa shape index (κ2) is 7.32. The van der Waals surface area contributed by atoms with E-state index in [0.29, 0.717) is 12.3 Å². The van der Waals surface area contributed by atoms with Gasteiger partial charge in [-0.1, -0.05) is 18.6 Å². The average Bonchev–Trinajstić information content (AvgIpc) is 3.14. The largest absolute Gasteiger partial charge is 0.353 e. The Morgan fingerprint density at radius 3 is 2.64 bits per heavy atom. The minimum Gasteiger partial charge on any atom is -0.353 e. The fraction of sp³-hybridized carbons (Fsp3) is 0.611. The lowest BCUT2D eigenvalue weighted by atomic mass is 9.95. The number of benzene rings is 1. The molecule has 0 radical (unpaired) electrons. The van der Waals surface area contributed by atoms with Crippen molar-refractivity contribution in [2.75, 3.05) is 17.1 Å². The lowest BCUT2D eigenvalue weighted by Gasteiger charge is -2.24. The summed E-state index contributed by atoms with van der Waals surface area (Å²) in [5, 5.41) is 3.09. The fourth-order valence-electron chi connectivity index (χ4n) is 4.20. The molecule has 1 aromatic carbocycles. The SMILES string of the molecule is CS(=O)(=O)N(CCCC(=O)N[C@H]1C[C@H]2CC[C@H]1C2)c1ccccc1F. The summed E-state index contributed by atoms with van der Waals surface area (Å²) in [6.07, 6.45) is 6.42. The van der Waals surface area contributed by atoms with Gasteiger partial charge in [-0.05, 0) is 49.7 Å². The number of rotatable bonds is 7. The Morgan fingerprint density at radius 1 is 1.28 bits per heavy atom. The van der Waals surface area contributed by atoms with Crippen LogP contribution in [0.5, 0.6) is 0 Å². The first kappa shape index (κ1) is 18.2. The molecule has 5 nitrogen and oxygen atoms in total. The van der Waals surface area contributed by atoms with Crippen LogP contribution in [0, 0.1) is 17.7 Å². The topological polar surface area (TPSA) is 66.5 Å². The molecule has 2 aliphatic rings. The molecule has 1 aromatic rings. The third kappa shape index (κ3) is 4.32. The predicted octanol–water partition coefficient (Wildman–Crippen LogP) is 2.68. The molecule has 0 heterocycles. The number of anilines is 1. The molecule has 3 atom stereocenters. The van der Waals surface area contributed by atoms with Crippen molar-refractivity contribution < 1.29 is 17.6 Å². The van der Waals surface area contributed by atoms with Crippen molar-refractivity contribution >= 4 is 21.6 Å². The molecule has 2 saturated carbocycles. The van der Waals surface area contributed by atoms with Crippen molar-refractivity contribution in [3.8, 4) is 0 Å². The van der Waals surface area contributed by atoms with Crippen LogP contribution in [0.3, 0.4) is 0 Å². The van der Waals surface area contributed by atoms with Gasteiger partial charge in [-0.25, -0.2) is 12.8 Å². The number of sulfonamides is 1. The predicted molar refractivity (Wildman–Crippen MR) is 95.2 cm³/mol. The van der Waals surface area contributed by atoms with Gasteiger partial charge in [-0.3, -0.25) is 9.10 Å². The van der Waals surface area contributed by atoms with E-state index in [1.54, 1.807) is 6.07 Å². The highest BCUT2D eigenvalue weighted by molar-refractivity contribution is 7.92. The third-order valence-corrected chi connectivity index (χ3v) is 6.55. The number of hydrogen-bond acceptors (Lipinski definition) is 3. The van der Waals surface area contributed by atoms with E-state index in [0.717, 1.165) is 22.9 Å². The van der Waals surface area contributed by atoms with Crippen molar-refractivity contribution in [2.45, 2.75) is 44.6 Å². The van der Waals surface area contributed by atoms with E-state index in [-0.39, 0.29) is 30.6 Å². The molecule has 0 saturated heterocycles. The minimum atomic E-state index is -3.61. The highest BCUT2D eigenvalue weighted by Gasteiger charge is 2.39. The summed E-state index contributed by atoms with van der Waals surface area (Å²) in [7, 11) is -3.61. The molecular formula is C18H25FN2O3S. The van der Waals surface area contributed by atoms with Crippen LogP contribution in [0.1, 0.15) is 38.5 Å². The lowest BCUT2D eigenvalue weighted by Crippen LogP contribution is -2.39. The molecule has 3 rings (SSSR count). The zero-order chi connectivity index (χ0) is 18.0. The van der Waals surface area contributed by atoms with Crippen LogP contribution in [-0.4, -0.2) is 33.2 Å². The molecule has 1 amide bonds. The van der Waals surface area contributed by atoms with Gasteiger partial charge in [0.25, 0.3) is 0 Å². The summed E-state index contributed by atoms with van der Waals surface area (Å²) in [6.45, 7) is 0.0872. The lowest BCUT2D eigenvalue weighted by molar-refractivity contribution is -0.122. The summed E-state index contributed by atoms with van der Waals surface area (Å²) < 4.78 is 38.9. The van der Waals surface area contributed by atoms with Crippen molar-refractivity contribution in [3.63, 3.8) is 0 Å². The van der Waals surface area contributed by atoms with Crippen molar-refractivity contribution in [3.05, 3.63) is 30.1 Å². The average molecular weight is 368 g/mol. The van der Waals surface area contributed by atoms with E-state index in [1.165, 1.54) is 37.5 Å². The molecule has 2 bridgehead atoms. The summed E-state index contributed by atoms with van der Waals surface area (Å²) in [6, 6.07) is 6.06. The van der Waals surface area contributed by atoms with E-state index in [9.17, 15) is 17.6 Å². The fourth-order valence-corrected chi connectivity index (χ4v) is 5.17. The van der Waals surface area contributed by atoms with Gasteiger partial charge in [0.2, 0.25) is 15.9 Å². The number of hydrogen-bond donors (Lipinski definition) is 1. The Hall–Kier alpha value is -1.63. The van der Waals surface area contributed by atoms with E-state index in [1.807, 2.05) is 0 Å². The maximum atomic E-state index is 13.9. The van der Waals surface area contributed by atoms with Gasteiger partial charge in [0.05, 0.1) is 11.9 Å². The first-order valence-electron chi connectivity index (χ1n) is 8.86. The monoisotopic (exact) mass is 368 g/mol. The summed E-state index contributed by atoms with van der Waals surface area (Å²) in [5.74, 6) is 0.746. The Morgan fingerprint density at radius 2 is 2.04 bits per heavy atom. The molecule has 138 valence electrons. The number of amides is 1. The van der Waals surface area contributed by atoms with Crippen LogP contribution in [0.15, 0.2) is 24.3 Å². The van der Waals surface area contributed by atoms with Crippen LogP contribution >= 0.6 is 0 Å². The van der Waals surface area contributed by atoms with E-state index >= 15 is 0 Å². The number of nitrogens with zero attached hydrogens (tertiary/aromatic N) is 1. The maximum Gasteiger partial charge on any atom is 0.232 e.